The van der Waals surface area contributed by atoms with Crippen molar-refractivity contribution in [2.75, 3.05) is 0 Å². The smallest absolute Gasteiger partial charge is 0.105 e. The van der Waals surface area contributed by atoms with Crippen LogP contribution in [0.5, 0.6) is 0 Å². The van der Waals surface area contributed by atoms with Gasteiger partial charge in [-0.3, -0.25) is 0 Å². The molecule has 0 amide bonds. The van der Waals surface area contributed by atoms with Crippen LogP contribution < -0.4 is 0 Å². The molecular formula is C20H22N2O. The van der Waals surface area contributed by atoms with Crippen LogP contribution in [0.25, 0.3) is 5.69 Å². The summed E-state index contributed by atoms with van der Waals surface area (Å²) in [5, 5.41) is 11.0. The average Bonchev–Trinajstić information content (AvgIpc) is 3.00. The number of hydrogen-bond donors (Lipinski definition) is 1. The first-order valence-corrected chi connectivity index (χ1v) is 7.82. The van der Waals surface area contributed by atoms with E-state index in [4.69, 9.17) is 0 Å². The number of hydrogen-bond acceptors (Lipinski definition) is 2. The van der Waals surface area contributed by atoms with E-state index in [9.17, 15) is 5.11 Å². The third kappa shape index (κ3) is 2.92. The molecule has 0 bridgehead atoms. The van der Waals surface area contributed by atoms with E-state index in [0.29, 0.717) is 0 Å². The van der Waals surface area contributed by atoms with Gasteiger partial charge in [0.25, 0.3) is 0 Å². The van der Waals surface area contributed by atoms with Crippen molar-refractivity contribution in [3.63, 3.8) is 0 Å². The third-order valence-corrected chi connectivity index (χ3v) is 4.37. The highest BCUT2D eigenvalue weighted by molar-refractivity contribution is 5.48. The summed E-state index contributed by atoms with van der Waals surface area (Å²) in [5.41, 5.74) is 7.50. The van der Waals surface area contributed by atoms with Crippen molar-refractivity contribution in [3.8, 4) is 5.69 Å². The van der Waals surface area contributed by atoms with E-state index in [1.54, 1.807) is 12.5 Å². The molecule has 3 aromatic rings. The van der Waals surface area contributed by atoms with E-state index in [1.807, 2.05) is 35.9 Å². The van der Waals surface area contributed by atoms with Crippen LogP contribution in [-0.2, 0) is 0 Å². The highest BCUT2D eigenvalue weighted by Gasteiger charge is 2.18. The second kappa shape index (κ2) is 6.01. The lowest BCUT2D eigenvalue weighted by molar-refractivity contribution is 0.218. The second-order valence-corrected chi connectivity index (χ2v) is 6.23. The molecule has 118 valence electrons. The zero-order chi connectivity index (χ0) is 16.6. The molecule has 0 unspecified atom stereocenters. The van der Waals surface area contributed by atoms with Gasteiger partial charge in [-0.05, 0) is 67.6 Å². The van der Waals surface area contributed by atoms with Crippen LogP contribution in [0.15, 0.2) is 49.1 Å². The van der Waals surface area contributed by atoms with Gasteiger partial charge in [-0.2, -0.15) is 0 Å². The van der Waals surface area contributed by atoms with Crippen LogP contribution in [0.1, 0.15) is 39.5 Å². The maximum absolute atomic E-state index is 11.0. The molecule has 0 saturated carbocycles. The van der Waals surface area contributed by atoms with E-state index in [0.717, 1.165) is 33.5 Å². The Morgan fingerprint density at radius 3 is 2.26 bits per heavy atom. The molecule has 23 heavy (non-hydrogen) atoms. The Morgan fingerprint density at radius 1 is 0.957 bits per heavy atom. The summed E-state index contributed by atoms with van der Waals surface area (Å²) < 4.78 is 1.95. The molecule has 0 saturated heterocycles. The van der Waals surface area contributed by atoms with Crippen molar-refractivity contribution in [1.82, 2.24) is 9.55 Å². The molecule has 2 aromatic carbocycles. The Balaban J connectivity index is 2.10. The molecule has 1 heterocycles. The third-order valence-electron chi connectivity index (χ3n) is 4.37. The number of aliphatic hydroxyl groups excluding tert-OH is 1. The van der Waals surface area contributed by atoms with Crippen LogP contribution >= 0.6 is 0 Å². The lowest BCUT2D eigenvalue weighted by atomic mass is 9.90. The minimum absolute atomic E-state index is 0.626. The quantitative estimate of drug-likeness (QED) is 0.788. The molecule has 0 fully saturated rings. The van der Waals surface area contributed by atoms with Crippen molar-refractivity contribution >= 4 is 0 Å². The standard InChI is InChI=1S/C20H22N2O/c1-13-9-15(3)19(16(4)10-13)20(23)18-11-17(6-5-14(18)2)22-8-7-21-12-22/h5-12,20,23H,1-4H3/t20-/m0/s1. The van der Waals surface area contributed by atoms with Gasteiger partial charge in [-0.25, -0.2) is 4.98 Å². The van der Waals surface area contributed by atoms with E-state index >= 15 is 0 Å². The number of imidazole rings is 1. The summed E-state index contributed by atoms with van der Waals surface area (Å²) in [4.78, 5) is 4.09. The molecule has 0 aliphatic rings. The van der Waals surface area contributed by atoms with Gasteiger partial charge in [0.2, 0.25) is 0 Å². The summed E-state index contributed by atoms with van der Waals surface area (Å²) in [6, 6.07) is 10.4. The lowest BCUT2D eigenvalue weighted by Gasteiger charge is -2.20. The Kier molecular flexibility index (Phi) is 4.05. The van der Waals surface area contributed by atoms with Crippen molar-refractivity contribution in [2.45, 2.75) is 33.8 Å². The van der Waals surface area contributed by atoms with Gasteiger partial charge in [0.15, 0.2) is 0 Å². The fourth-order valence-corrected chi connectivity index (χ4v) is 3.27. The lowest BCUT2D eigenvalue weighted by Crippen LogP contribution is -2.08. The van der Waals surface area contributed by atoms with E-state index in [1.165, 1.54) is 5.56 Å². The summed E-state index contributed by atoms with van der Waals surface area (Å²) in [7, 11) is 0. The van der Waals surface area contributed by atoms with Gasteiger partial charge < -0.3 is 9.67 Å². The monoisotopic (exact) mass is 306 g/mol. The predicted octanol–water partition coefficient (Wildman–Crippen LogP) is 4.19. The highest BCUT2D eigenvalue weighted by atomic mass is 16.3. The second-order valence-electron chi connectivity index (χ2n) is 6.23. The molecule has 3 nitrogen and oxygen atoms in total. The zero-order valence-corrected chi connectivity index (χ0v) is 14.0. The van der Waals surface area contributed by atoms with Crippen LogP contribution in [0.4, 0.5) is 0 Å². The zero-order valence-electron chi connectivity index (χ0n) is 14.0. The van der Waals surface area contributed by atoms with E-state index in [2.05, 4.69) is 37.9 Å². The van der Waals surface area contributed by atoms with E-state index < -0.39 is 6.10 Å². The SMILES string of the molecule is Cc1cc(C)c([C@@H](O)c2cc(-n3ccnc3)ccc2C)c(C)c1. The van der Waals surface area contributed by atoms with Crippen LogP contribution in [0.2, 0.25) is 0 Å². The Hall–Kier alpha value is -2.39. The number of nitrogens with zero attached hydrogens (tertiary/aromatic N) is 2. The number of aryl methyl sites for hydroxylation is 4. The van der Waals surface area contributed by atoms with Crippen molar-refractivity contribution in [2.24, 2.45) is 0 Å². The van der Waals surface area contributed by atoms with E-state index in [-0.39, 0.29) is 0 Å². The first-order chi connectivity index (χ1) is 11.0. The molecular weight excluding hydrogens is 284 g/mol. The molecule has 3 heteroatoms. The largest absolute Gasteiger partial charge is 0.384 e. The van der Waals surface area contributed by atoms with Crippen LogP contribution in [0, 0.1) is 27.7 Å². The first-order valence-electron chi connectivity index (χ1n) is 7.82. The van der Waals surface area contributed by atoms with Gasteiger partial charge in [0.1, 0.15) is 6.10 Å². The molecule has 0 spiro atoms. The number of aliphatic hydroxyl groups is 1. The summed E-state index contributed by atoms with van der Waals surface area (Å²) >= 11 is 0. The molecule has 1 aromatic heterocycles. The normalized spacial score (nSPS) is 12.4. The summed E-state index contributed by atoms with van der Waals surface area (Å²) in [5.74, 6) is 0. The molecule has 0 radical (unpaired) electrons. The fourth-order valence-electron chi connectivity index (χ4n) is 3.27. The Bertz CT molecular complexity index is 812. The fraction of sp³-hybridized carbons (Fsp3) is 0.250. The number of aromatic nitrogens is 2. The topological polar surface area (TPSA) is 38.0 Å². The van der Waals surface area contributed by atoms with Gasteiger partial charge in [-0.15, -0.1) is 0 Å². The molecule has 3 rings (SSSR count). The maximum Gasteiger partial charge on any atom is 0.105 e. The van der Waals surface area contributed by atoms with Gasteiger partial charge in [-0.1, -0.05) is 23.8 Å². The number of benzene rings is 2. The molecule has 1 N–H and O–H groups in total. The van der Waals surface area contributed by atoms with Gasteiger partial charge >= 0.3 is 0 Å². The summed E-state index contributed by atoms with van der Waals surface area (Å²) in [6.45, 7) is 8.25. The van der Waals surface area contributed by atoms with Crippen molar-refractivity contribution in [3.05, 3.63) is 82.4 Å². The molecule has 1 atom stereocenters. The van der Waals surface area contributed by atoms with Crippen LogP contribution in [-0.4, -0.2) is 14.7 Å². The first kappa shape index (κ1) is 15.5. The van der Waals surface area contributed by atoms with Crippen LogP contribution in [0.3, 0.4) is 0 Å². The predicted molar refractivity (Wildman–Crippen MR) is 93.0 cm³/mol. The van der Waals surface area contributed by atoms with Gasteiger partial charge in [0.05, 0.1) is 6.33 Å². The van der Waals surface area contributed by atoms with Crippen molar-refractivity contribution in [1.29, 1.82) is 0 Å². The molecule has 0 aliphatic heterocycles. The number of rotatable bonds is 3. The minimum Gasteiger partial charge on any atom is -0.384 e. The summed E-state index contributed by atoms with van der Waals surface area (Å²) in [6.07, 6.45) is 4.80. The van der Waals surface area contributed by atoms with Crippen molar-refractivity contribution < 1.29 is 5.11 Å². The molecule has 0 aliphatic carbocycles. The highest BCUT2D eigenvalue weighted by Crippen LogP contribution is 2.31. The Morgan fingerprint density at radius 2 is 1.65 bits per heavy atom. The maximum atomic E-state index is 11.0. The minimum atomic E-state index is -0.626. The Labute approximate surface area is 137 Å². The van der Waals surface area contributed by atoms with Gasteiger partial charge in [0, 0.05) is 18.1 Å². The average molecular weight is 306 g/mol.